The molecule has 2 aromatic rings. The van der Waals surface area contributed by atoms with E-state index in [4.69, 9.17) is 4.74 Å². The Labute approximate surface area is 203 Å². The lowest BCUT2D eigenvalue weighted by molar-refractivity contribution is 0.0859. The number of Topliss-reactive ketones (excluding diaryl/α,β-unsaturated/α-hetero) is 1. The minimum absolute atomic E-state index is 0.0473. The summed E-state index contributed by atoms with van der Waals surface area (Å²) in [5.74, 6) is 0.848. The molecular formula is C28H37N3O3. The molecule has 1 saturated heterocycles. The van der Waals surface area contributed by atoms with Crippen LogP contribution < -0.4 is 10.1 Å². The molecule has 34 heavy (non-hydrogen) atoms. The molecule has 1 aliphatic heterocycles. The van der Waals surface area contributed by atoms with Crippen molar-refractivity contribution in [2.45, 2.75) is 57.5 Å². The van der Waals surface area contributed by atoms with E-state index in [2.05, 4.69) is 23.3 Å². The standard InChI is InChI=1S/C28H37N3O3/c1-30(24-9-4-3-5-10-24)20-23-8-6-7-11-26(23)29-28(33)31-18-16-22(17-19-31)27(32)21-12-14-25(34-2)15-13-21/h6-8,11-15,22,24H,3-5,9-10,16-20H2,1-2H3,(H,29,33). The third kappa shape index (κ3) is 5.98. The lowest BCUT2D eigenvalue weighted by atomic mass is 9.89. The van der Waals surface area contributed by atoms with Crippen LogP contribution in [-0.4, -0.2) is 54.9 Å². The van der Waals surface area contributed by atoms with Crippen molar-refractivity contribution < 1.29 is 14.3 Å². The molecule has 0 spiro atoms. The molecule has 0 bridgehead atoms. The van der Waals surface area contributed by atoms with E-state index in [-0.39, 0.29) is 17.7 Å². The molecule has 1 N–H and O–H groups in total. The number of carbonyl (C=O) groups is 2. The fourth-order valence-electron chi connectivity index (χ4n) is 5.23. The van der Waals surface area contributed by atoms with Gasteiger partial charge in [-0.3, -0.25) is 9.69 Å². The minimum Gasteiger partial charge on any atom is -0.497 e. The Morgan fingerprint density at radius 3 is 2.32 bits per heavy atom. The molecule has 6 nitrogen and oxygen atoms in total. The van der Waals surface area contributed by atoms with Crippen LogP contribution in [0.1, 0.15) is 60.9 Å². The zero-order chi connectivity index (χ0) is 23.9. The van der Waals surface area contributed by atoms with Gasteiger partial charge in [-0.2, -0.15) is 0 Å². The van der Waals surface area contributed by atoms with Crippen molar-refractivity contribution in [1.29, 1.82) is 0 Å². The summed E-state index contributed by atoms with van der Waals surface area (Å²) in [7, 11) is 3.81. The van der Waals surface area contributed by atoms with E-state index in [9.17, 15) is 9.59 Å². The molecule has 0 radical (unpaired) electrons. The van der Waals surface area contributed by atoms with Crippen molar-refractivity contribution in [2.75, 3.05) is 32.6 Å². The molecular weight excluding hydrogens is 426 g/mol. The zero-order valence-corrected chi connectivity index (χ0v) is 20.5. The van der Waals surface area contributed by atoms with Gasteiger partial charge in [0.2, 0.25) is 0 Å². The number of carbonyl (C=O) groups excluding carboxylic acids is 2. The number of rotatable bonds is 7. The van der Waals surface area contributed by atoms with E-state index in [1.54, 1.807) is 7.11 Å². The Kier molecular flexibility index (Phi) is 8.22. The lowest BCUT2D eigenvalue weighted by Crippen LogP contribution is -2.42. The lowest BCUT2D eigenvalue weighted by Gasteiger charge is -2.33. The number of anilines is 1. The van der Waals surface area contributed by atoms with Crippen LogP contribution in [0.15, 0.2) is 48.5 Å². The first-order valence-electron chi connectivity index (χ1n) is 12.6. The van der Waals surface area contributed by atoms with Gasteiger partial charge in [0.05, 0.1) is 7.11 Å². The average Bonchev–Trinajstić information content (AvgIpc) is 2.90. The van der Waals surface area contributed by atoms with Crippen LogP contribution in [-0.2, 0) is 6.54 Å². The van der Waals surface area contributed by atoms with Crippen molar-refractivity contribution in [1.82, 2.24) is 9.80 Å². The van der Waals surface area contributed by atoms with Crippen molar-refractivity contribution in [3.8, 4) is 5.75 Å². The third-order valence-electron chi connectivity index (χ3n) is 7.40. The van der Waals surface area contributed by atoms with Crippen molar-refractivity contribution in [3.63, 3.8) is 0 Å². The second-order valence-corrected chi connectivity index (χ2v) is 9.65. The summed E-state index contributed by atoms with van der Waals surface area (Å²) in [5, 5.41) is 3.14. The second kappa shape index (κ2) is 11.5. The molecule has 1 aliphatic carbocycles. The molecule has 182 valence electrons. The molecule has 2 aliphatic rings. The number of methoxy groups -OCH3 is 1. The number of para-hydroxylation sites is 1. The Balaban J connectivity index is 1.31. The second-order valence-electron chi connectivity index (χ2n) is 9.65. The normalized spacial score (nSPS) is 17.6. The first-order chi connectivity index (χ1) is 16.5. The number of ketones is 1. The molecule has 1 heterocycles. The summed E-state index contributed by atoms with van der Waals surface area (Å²) >= 11 is 0. The highest BCUT2D eigenvalue weighted by molar-refractivity contribution is 5.98. The number of piperidine rings is 1. The number of hydrogen-bond donors (Lipinski definition) is 1. The third-order valence-corrected chi connectivity index (χ3v) is 7.40. The van der Waals surface area contributed by atoms with E-state index in [1.165, 1.54) is 32.1 Å². The number of likely N-dealkylation sites (tertiary alicyclic amines) is 1. The predicted molar refractivity (Wildman–Crippen MR) is 135 cm³/mol. The first kappa shape index (κ1) is 24.3. The van der Waals surface area contributed by atoms with Gasteiger partial charge in [-0.05, 0) is 68.6 Å². The van der Waals surface area contributed by atoms with Crippen LogP contribution in [0.5, 0.6) is 5.75 Å². The quantitative estimate of drug-likeness (QED) is 0.544. The highest BCUT2D eigenvalue weighted by atomic mass is 16.5. The van der Waals surface area contributed by atoms with Crippen LogP contribution in [0.25, 0.3) is 0 Å². The number of ether oxygens (including phenoxy) is 1. The van der Waals surface area contributed by atoms with E-state index in [0.29, 0.717) is 37.5 Å². The summed E-state index contributed by atoms with van der Waals surface area (Å²) in [6.07, 6.45) is 7.85. The largest absolute Gasteiger partial charge is 0.497 e. The molecule has 0 unspecified atom stereocenters. The number of hydrogen-bond acceptors (Lipinski definition) is 4. The fraction of sp³-hybridized carbons (Fsp3) is 0.500. The van der Waals surface area contributed by atoms with Crippen LogP contribution in [0, 0.1) is 5.92 Å². The summed E-state index contributed by atoms with van der Waals surface area (Å²) in [4.78, 5) is 30.2. The van der Waals surface area contributed by atoms with E-state index >= 15 is 0 Å². The van der Waals surface area contributed by atoms with Gasteiger partial charge in [0.25, 0.3) is 0 Å². The fourth-order valence-corrected chi connectivity index (χ4v) is 5.23. The van der Waals surface area contributed by atoms with Gasteiger partial charge >= 0.3 is 6.03 Å². The maximum Gasteiger partial charge on any atom is 0.321 e. The summed E-state index contributed by atoms with van der Waals surface area (Å²) in [5.41, 5.74) is 2.74. The maximum atomic E-state index is 13.0. The van der Waals surface area contributed by atoms with Gasteiger partial charge in [0.1, 0.15) is 5.75 Å². The maximum absolute atomic E-state index is 13.0. The van der Waals surface area contributed by atoms with Crippen molar-refractivity contribution >= 4 is 17.5 Å². The van der Waals surface area contributed by atoms with Crippen molar-refractivity contribution in [3.05, 3.63) is 59.7 Å². The van der Waals surface area contributed by atoms with Crippen LogP contribution in [0.3, 0.4) is 0 Å². The molecule has 0 aromatic heterocycles. The van der Waals surface area contributed by atoms with E-state index in [1.807, 2.05) is 47.4 Å². The average molecular weight is 464 g/mol. The summed E-state index contributed by atoms with van der Waals surface area (Å²) < 4.78 is 5.18. The van der Waals surface area contributed by atoms with Crippen molar-refractivity contribution in [2.24, 2.45) is 5.92 Å². The Morgan fingerprint density at radius 2 is 1.65 bits per heavy atom. The van der Waals surface area contributed by atoms with Crippen LogP contribution in [0.4, 0.5) is 10.5 Å². The Bertz CT molecular complexity index is 961. The molecule has 2 fully saturated rings. The monoisotopic (exact) mass is 463 g/mol. The topological polar surface area (TPSA) is 61.9 Å². The smallest absolute Gasteiger partial charge is 0.321 e. The minimum atomic E-state index is -0.0804. The molecule has 0 atom stereocenters. The number of benzene rings is 2. The van der Waals surface area contributed by atoms with Gasteiger partial charge in [0, 0.05) is 42.8 Å². The molecule has 2 aromatic carbocycles. The molecule has 4 rings (SSSR count). The van der Waals surface area contributed by atoms with Gasteiger partial charge in [-0.1, -0.05) is 37.5 Å². The molecule has 2 amide bonds. The Hall–Kier alpha value is -2.86. The molecule has 1 saturated carbocycles. The highest BCUT2D eigenvalue weighted by Crippen LogP contribution is 2.26. The summed E-state index contributed by atoms with van der Waals surface area (Å²) in [6.45, 7) is 2.00. The predicted octanol–water partition coefficient (Wildman–Crippen LogP) is 5.59. The van der Waals surface area contributed by atoms with E-state index in [0.717, 1.165) is 23.5 Å². The Morgan fingerprint density at radius 1 is 0.971 bits per heavy atom. The number of nitrogens with zero attached hydrogens (tertiary/aromatic N) is 2. The number of amides is 2. The zero-order valence-electron chi connectivity index (χ0n) is 20.5. The number of urea groups is 1. The van der Waals surface area contributed by atoms with Gasteiger partial charge in [0.15, 0.2) is 5.78 Å². The van der Waals surface area contributed by atoms with Gasteiger partial charge < -0.3 is 15.0 Å². The highest BCUT2D eigenvalue weighted by Gasteiger charge is 2.28. The molecule has 6 heteroatoms. The van der Waals surface area contributed by atoms with Crippen LogP contribution >= 0.6 is 0 Å². The van der Waals surface area contributed by atoms with Crippen LogP contribution in [0.2, 0.25) is 0 Å². The summed E-state index contributed by atoms with van der Waals surface area (Å²) in [6, 6.07) is 15.9. The van der Waals surface area contributed by atoms with Gasteiger partial charge in [-0.15, -0.1) is 0 Å². The first-order valence-corrected chi connectivity index (χ1v) is 12.6. The SMILES string of the molecule is COc1ccc(C(=O)C2CCN(C(=O)Nc3ccccc3CN(C)C3CCCCC3)CC2)cc1. The number of nitrogens with one attached hydrogen (secondary N) is 1. The van der Waals surface area contributed by atoms with E-state index < -0.39 is 0 Å². The van der Waals surface area contributed by atoms with Gasteiger partial charge in [-0.25, -0.2) is 4.79 Å².